The second-order valence-corrected chi connectivity index (χ2v) is 7.92. The molecule has 1 atom stereocenters. The Labute approximate surface area is 170 Å². The van der Waals surface area contributed by atoms with Gasteiger partial charge < -0.3 is 15.5 Å². The van der Waals surface area contributed by atoms with Gasteiger partial charge in [0.2, 0.25) is 11.8 Å². The summed E-state index contributed by atoms with van der Waals surface area (Å²) in [5, 5.41) is 6.25. The third-order valence-corrected chi connectivity index (χ3v) is 6.19. The van der Waals surface area contributed by atoms with Crippen LogP contribution < -0.4 is 10.6 Å². The molecule has 29 heavy (non-hydrogen) atoms. The third-order valence-electron chi connectivity index (χ3n) is 6.19. The van der Waals surface area contributed by atoms with E-state index >= 15 is 0 Å². The molecule has 1 unspecified atom stereocenters. The van der Waals surface area contributed by atoms with Crippen molar-refractivity contribution in [2.75, 3.05) is 26.2 Å². The first-order valence-corrected chi connectivity index (χ1v) is 10.2. The van der Waals surface area contributed by atoms with E-state index in [1.807, 2.05) is 43.3 Å². The molecule has 4 rings (SSSR count). The highest BCUT2D eigenvalue weighted by atomic mass is 19.1. The lowest BCUT2D eigenvalue weighted by atomic mass is 9.84. The predicted molar refractivity (Wildman–Crippen MR) is 110 cm³/mol. The second kappa shape index (κ2) is 7.95. The van der Waals surface area contributed by atoms with Crippen LogP contribution in [-0.4, -0.2) is 48.4 Å². The molecular formula is C23H26FN3O2. The van der Waals surface area contributed by atoms with Crippen molar-refractivity contribution in [3.63, 3.8) is 0 Å². The standard InChI is InChI=1S/C23H26FN3O2/c1-16(18-7-8-19(20(24)15-18)17-5-3-2-4-6-17)21(28)27-13-9-23(10-14-27)22(29)25-11-12-26-23/h2-8,15-16,26H,9-14H2,1H3,(H,25,29). The fourth-order valence-corrected chi connectivity index (χ4v) is 4.31. The summed E-state index contributed by atoms with van der Waals surface area (Å²) in [5.41, 5.74) is 1.46. The molecule has 2 heterocycles. The van der Waals surface area contributed by atoms with Gasteiger partial charge in [0.25, 0.3) is 0 Å². The molecule has 6 heteroatoms. The zero-order valence-corrected chi connectivity index (χ0v) is 16.6. The molecule has 5 nitrogen and oxygen atoms in total. The Morgan fingerprint density at radius 3 is 2.48 bits per heavy atom. The molecule has 2 aliphatic heterocycles. The number of amides is 2. The molecule has 1 spiro atoms. The molecule has 2 aromatic carbocycles. The van der Waals surface area contributed by atoms with Gasteiger partial charge in [0.1, 0.15) is 11.4 Å². The van der Waals surface area contributed by atoms with Crippen molar-refractivity contribution >= 4 is 11.8 Å². The molecule has 152 valence electrons. The minimum atomic E-state index is -0.554. The lowest BCUT2D eigenvalue weighted by Crippen LogP contribution is -2.67. The molecule has 0 saturated carbocycles. The van der Waals surface area contributed by atoms with E-state index in [-0.39, 0.29) is 17.6 Å². The zero-order valence-electron chi connectivity index (χ0n) is 16.6. The van der Waals surface area contributed by atoms with E-state index in [4.69, 9.17) is 0 Å². The summed E-state index contributed by atoms with van der Waals surface area (Å²) in [6.45, 7) is 4.26. The molecule has 2 aliphatic rings. The third kappa shape index (κ3) is 3.77. The number of likely N-dealkylation sites (tertiary alicyclic amines) is 1. The average molecular weight is 395 g/mol. The number of benzene rings is 2. The Bertz CT molecular complexity index is 908. The van der Waals surface area contributed by atoms with Crippen LogP contribution >= 0.6 is 0 Å². The Kier molecular flexibility index (Phi) is 5.37. The van der Waals surface area contributed by atoms with Gasteiger partial charge in [-0.1, -0.05) is 42.5 Å². The number of halogens is 1. The molecule has 2 aromatic rings. The van der Waals surface area contributed by atoms with Crippen molar-refractivity contribution in [3.05, 3.63) is 59.9 Å². The van der Waals surface area contributed by atoms with Crippen molar-refractivity contribution in [2.24, 2.45) is 0 Å². The first kappa shape index (κ1) is 19.6. The summed E-state index contributed by atoms with van der Waals surface area (Å²) < 4.78 is 14.7. The Balaban J connectivity index is 1.45. The first-order valence-electron chi connectivity index (χ1n) is 10.2. The zero-order chi connectivity index (χ0) is 20.4. The SMILES string of the molecule is CC(C(=O)N1CCC2(CC1)NCCNC2=O)c1ccc(-c2ccccc2)c(F)c1. The number of hydrogen-bond donors (Lipinski definition) is 2. The smallest absolute Gasteiger partial charge is 0.240 e. The van der Waals surface area contributed by atoms with E-state index in [1.54, 1.807) is 11.0 Å². The lowest BCUT2D eigenvalue weighted by Gasteiger charge is -2.44. The highest BCUT2D eigenvalue weighted by Crippen LogP contribution is 2.29. The lowest BCUT2D eigenvalue weighted by molar-refractivity contribution is -0.139. The summed E-state index contributed by atoms with van der Waals surface area (Å²) in [6, 6.07) is 14.4. The number of nitrogens with zero attached hydrogens (tertiary/aromatic N) is 1. The van der Waals surface area contributed by atoms with Crippen LogP contribution in [0.1, 0.15) is 31.2 Å². The number of piperidine rings is 1. The van der Waals surface area contributed by atoms with Crippen LogP contribution in [-0.2, 0) is 9.59 Å². The number of carbonyl (C=O) groups excluding carboxylic acids is 2. The second-order valence-electron chi connectivity index (χ2n) is 7.92. The van der Waals surface area contributed by atoms with Crippen molar-refractivity contribution in [3.8, 4) is 11.1 Å². The minimum Gasteiger partial charge on any atom is -0.353 e. The Hall–Kier alpha value is -2.73. The van der Waals surface area contributed by atoms with Crippen LogP contribution in [0.4, 0.5) is 4.39 Å². The molecule has 2 amide bonds. The molecular weight excluding hydrogens is 369 g/mol. The van der Waals surface area contributed by atoms with Crippen LogP contribution in [0, 0.1) is 5.82 Å². The normalized spacial score (nSPS) is 19.7. The van der Waals surface area contributed by atoms with Gasteiger partial charge >= 0.3 is 0 Å². The van der Waals surface area contributed by atoms with Crippen LogP contribution in [0.3, 0.4) is 0 Å². The largest absolute Gasteiger partial charge is 0.353 e. The van der Waals surface area contributed by atoms with Gasteiger partial charge in [0.05, 0.1) is 5.92 Å². The molecule has 0 aliphatic carbocycles. The molecule has 0 bridgehead atoms. The summed E-state index contributed by atoms with van der Waals surface area (Å²) in [4.78, 5) is 27.1. The molecule has 2 saturated heterocycles. The average Bonchev–Trinajstić information content (AvgIpc) is 2.76. The van der Waals surface area contributed by atoms with Crippen LogP contribution in [0.2, 0.25) is 0 Å². The van der Waals surface area contributed by atoms with Crippen LogP contribution in [0.5, 0.6) is 0 Å². The fraction of sp³-hybridized carbons (Fsp3) is 0.391. The van der Waals surface area contributed by atoms with E-state index in [2.05, 4.69) is 10.6 Å². The Morgan fingerprint density at radius 2 is 1.83 bits per heavy atom. The van der Waals surface area contributed by atoms with E-state index in [0.717, 1.165) is 12.1 Å². The summed E-state index contributed by atoms with van der Waals surface area (Å²) in [6.07, 6.45) is 1.19. The highest BCUT2D eigenvalue weighted by Gasteiger charge is 2.43. The van der Waals surface area contributed by atoms with Gasteiger partial charge in [-0.2, -0.15) is 0 Å². The quantitative estimate of drug-likeness (QED) is 0.840. The van der Waals surface area contributed by atoms with Crippen molar-refractivity contribution < 1.29 is 14.0 Å². The summed E-state index contributed by atoms with van der Waals surface area (Å²) in [7, 11) is 0. The minimum absolute atomic E-state index is 0.0251. The summed E-state index contributed by atoms with van der Waals surface area (Å²) >= 11 is 0. The highest BCUT2D eigenvalue weighted by molar-refractivity contribution is 5.88. The number of piperazine rings is 1. The summed E-state index contributed by atoms with van der Waals surface area (Å²) in [5.74, 6) is -0.754. The number of hydrogen-bond acceptors (Lipinski definition) is 3. The molecule has 0 radical (unpaired) electrons. The van der Waals surface area contributed by atoms with Crippen molar-refractivity contribution in [1.82, 2.24) is 15.5 Å². The maximum atomic E-state index is 14.7. The molecule has 0 aromatic heterocycles. The van der Waals surface area contributed by atoms with Crippen LogP contribution in [0.25, 0.3) is 11.1 Å². The number of nitrogens with one attached hydrogen (secondary N) is 2. The maximum Gasteiger partial charge on any atom is 0.240 e. The van der Waals surface area contributed by atoms with Gasteiger partial charge in [-0.3, -0.25) is 9.59 Å². The molecule has 2 N–H and O–H groups in total. The van der Waals surface area contributed by atoms with Gasteiger partial charge in [-0.25, -0.2) is 4.39 Å². The topological polar surface area (TPSA) is 61.4 Å². The number of rotatable bonds is 3. The van der Waals surface area contributed by atoms with Gasteiger partial charge in [-0.15, -0.1) is 0 Å². The van der Waals surface area contributed by atoms with Gasteiger partial charge in [0.15, 0.2) is 0 Å². The van der Waals surface area contributed by atoms with Crippen molar-refractivity contribution in [2.45, 2.75) is 31.2 Å². The first-order chi connectivity index (χ1) is 14.0. The Morgan fingerprint density at radius 1 is 1.10 bits per heavy atom. The predicted octanol–water partition coefficient (Wildman–Crippen LogP) is 2.68. The van der Waals surface area contributed by atoms with E-state index in [1.165, 1.54) is 6.07 Å². The molecule has 2 fully saturated rings. The van der Waals surface area contributed by atoms with Gasteiger partial charge in [0, 0.05) is 31.7 Å². The maximum absolute atomic E-state index is 14.7. The van der Waals surface area contributed by atoms with Crippen LogP contribution in [0.15, 0.2) is 48.5 Å². The fourth-order valence-electron chi connectivity index (χ4n) is 4.31. The van der Waals surface area contributed by atoms with E-state index in [9.17, 15) is 14.0 Å². The van der Waals surface area contributed by atoms with Gasteiger partial charge in [-0.05, 0) is 37.0 Å². The van der Waals surface area contributed by atoms with E-state index < -0.39 is 11.5 Å². The number of carbonyl (C=O) groups is 2. The monoisotopic (exact) mass is 395 g/mol. The van der Waals surface area contributed by atoms with E-state index in [0.29, 0.717) is 43.6 Å². The van der Waals surface area contributed by atoms with Crippen molar-refractivity contribution in [1.29, 1.82) is 0 Å².